The van der Waals surface area contributed by atoms with Gasteiger partial charge in [-0.05, 0) is 60.5 Å². The van der Waals surface area contributed by atoms with Gasteiger partial charge in [0.1, 0.15) is 5.82 Å². The largest absolute Gasteiger partial charge is 0.324 e. The van der Waals surface area contributed by atoms with E-state index in [0.29, 0.717) is 22.8 Å². The Morgan fingerprint density at radius 2 is 1.94 bits per heavy atom. The molecule has 1 aromatic heterocycles. The van der Waals surface area contributed by atoms with E-state index < -0.39 is 17.2 Å². The van der Waals surface area contributed by atoms with Crippen molar-refractivity contribution in [3.05, 3.63) is 99.3 Å². The molecule has 0 fully saturated rings. The molecule has 3 aromatic carbocycles. The molecule has 1 amide bonds. The Morgan fingerprint density at radius 1 is 1.21 bits per heavy atom. The lowest BCUT2D eigenvalue weighted by molar-refractivity contribution is 0.100. The zero-order valence-corrected chi connectivity index (χ0v) is 20.7. The average molecular weight is 545 g/mol. The molecule has 168 valence electrons. The van der Waals surface area contributed by atoms with Crippen molar-refractivity contribution < 1.29 is 13.6 Å². The molecule has 1 unspecified atom stereocenters. The van der Waals surface area contributed by atoms with Crippen molar-refractivity contribution in [3.8, 4) is 0 Å². The number of halogens is 2. The number of hydrogen-bond donors (Lipinski definition) is 1. The molecule has 0 aliphatic carbocycles. The highest BCUT2D eigenvalue weighted by Crippen LogP contribution is 2.26. The lowest BCUT2D eigenvalue weighted by Gasteiger charge is -2.18. The summed E-state index contributed by atoms with van der Waals surface area (Å²) in [6, 6.07) is 17.3. The van der Waals surface area contributed by atoms with Crippen LogP contribution in [0, 0.1) is 6.92 Å². The van der Waals surface area contributed by atoms with Gasteiger partial charge in [-0.3, -0.25) is 9.35 Å². The Morgan fingerprint density at radius 3 is 2.58 bits per heavy atom. The Labute approximate surface area is 207 Å². The molecule has 9 heteroatoms. The minimum absolute atomic E-state index is 0.265. The fourth-order valence-corrected chi connectivity index (χ4v) is 4.82. The zero-order valence-electron chi connectivity index (χ0n) is 17.5. The number of fused-ring (bicyclic) bond motifs is 1. The van der Waals surface area contributed by atoms with Gasteiger partial charge in [0.05, 0.1) is 23.3 Å². The Kier molecular flexibility index (Phi) is 6.81. The molecule has 0 radical (unpaired) electrons. The van der Waals surface area contributed by atoms with E-state index in [4.69, 9.17) is 11.6 Å². The summed E-state index contributed by atoms with van der Waals surface area (Å²) in [5.41, 5.74) is 3.74. The van der Waals surface area contributed by atoms with Gasteiger partial charge in [0.15, 0.2) is 0 Å². The number of imidazole rings is 1. The lowest BCUT2D eigenvalue weighted by atomic mass is 10.1. The standard InChI is InChI=1S/C24H19BrClN3O3S/c1-3-16-4-9-20(10-5-16)29(33(31)32)24(30)17-7-11-22-23(12-17)28(15(2)27-22)14-18-6-8-19(25)13-21(18)26/h3-13H,1,14H2,2H3,(H,31,32). The van der Waals surface area contributed by atoms with Crippen molar-refractivity contribution in [2.24, 2.45) is 0 Å². The van der Waals surface area contributed by atoms with Gasteiger partial charge in [-0.25, -0.2) is 13.5 Å². The van der Waals surface area contributed by atoms with Crippen LogP contribution < -0.4 is 4.31 Å². The maximum atomic E-state index is 13.2. The van der Waals surface area contributed by atoms with Crippen molar-refractivity contribution >= 4 is 67.5 Å². The van der Waals surface area contributed by atoms with E-state index in [1.807, 2.05) is 29.7 Å². The van der Waals surface area contributed by atoms with E-state index >= 15 is 0 Å². The number of hydrogen-bond acceptors (Lipinski definition) is 3. The highest BCUT2D eigenvalue weighted by molar-refractivity contribution is 9.10. The van der Waals surface area contributed by atoms with Gasteiger partial charge in [-0.15, -0.1) is 0 Å². The molecule has 33 heavy (non-hydrogen) atoms. The Hall–Kier alpha value is -2.78. The topological polar surface area (TPSA) is 75.4 Å². The van der Waals surface area contributed by atoms with Crippen molar-refractivity contribution in [2.45, 2.75) is 13.5 Å². The van der Waals surface area contributed by atoms with E-state index in [-0.39, 0.29) is 5.56 Å². The molecule has 0 saturated heterocycles. The summed E-state index contributed by atoms with van der Waals surface area (Å²) >= 11 is 7.27. The first-order chi connectivity index (χ1) is 15.8. The summed E-state index contributed by atoms with van der Waals surface area (Å²) in [7, 11) is 0. The summed E-state index contributed by atoms with van der Waals surface area (Å²) in [5, 5.41) is 0.614. The molecule has 0 aliphatic heterocycles. The third kappa shape index (κ3) is 4.79. The van der Waals surface area contributed by atoms with Gasteiger partial charge in [-0.1, -0.05) is 58.4 Å². The first-order valence-electron chi connectivity index (χ1n) is 9.87. The fraction of sp³-hybridized carbons (Fsp3) is 0.0833. The smallest absolute Gasteiger partial charge is 0.272 e. The monoisotopic (exact) mass is 543 g/mol. The predicted molar refractivity (Wildman–Crippen MR) is 137 cm³/mol. The minimum Gasteiger partial charge on any atom is -0.324 e. The maximum Gasteiger partial charge on any atom is 0.272 e. The second-order valence-electron chi connectivity index (χ2n) is 7.31. The quantitative estimate of drug-likeness (QED) is 0.292. The Bertz CT molecular complexity index is 1400. The number of carbonyl (C=O) groups excluding carboxylic acids is 1. The molecular weight excluding hydrogens is 526 g/mol. The maximum absolute atomic E-state index is 13.2. The molecular formula is C24H19BrClN3O3S. The number of anilines is 1. The number of benzene rings is 3. The fourth-order valence-electron chi connectivity index (χ4n) is 3.54. The van der Waals surface area contributed by atoms with Gasteiger partial charge in [0.25, 0.3) is 17.2 Å². The van der Waals surface area contributed by atoms with Crippen molar-refractivity contribution in [1.82, 2.24) is 9.55 Å². The van der Waals surface area contributed by atoms with Gasteiger partial charge < -0.3 is 4.57 Å². The van der Waals surface area contributed by atoms with Crippen molar-refractivity contribution in [3.63, 3.8) is 0 Å². The van der Waals surface area contributed by atoms with Crippen LogP contribution in [0.4, 0.5) is 5.69 Å². The van der Waals surface area contributed by atoms with Gasteiger partial charge in [0.2, 0.25) is 0 Å². The minimum atomic E-state index is -2.55. The van der Waals surface area contributed by atoms with Crippen LogP contribution in [0.5, 0.6) is 0 Å². The number of carbonyl (C=O) groups is 1. The highest BCUT2D eigenvalue weighted by atomic mass is 79.9. The number of aromatic nitrogens is 2. The predicted octanol–water partition coefficient (Wildman–Crippen LogP) is 6.24. The zero-order chi connectivity index (χ0) is 23.7. The lowest BCUT2D eigenvalue weighted by Crippen LogP contribution is -2.32. The number of amides is 1. The third-order valence-electron chi connectivity index (χ3n) is 5.23. The van der Waals surface area contributed by atoms with Crippen LogP contribution in [0.3, 0.4) is 0 Å². The third-order valence-corrected chi connectivity index (χ3v) is 6.77. The SMILES string of the molecule is C=Cc1ccc(N(C(=O)c2ccc3nc(C)n(Cc4ccc(Br)cc4Cl)c3c2)S(=O)O)cc1. The normalized spacial score (nSPS) is 12.0. The van der Waals surface area contributed by atoms with Gasteiger partial charge in [0, 0.05) is 15.1 Å². The van der Waals surface area contributed by atoms with Crippen LogP contribution in [0.25, 0.3) is 17.1 Å². The average Bonchev–Trinajstić information content (AvgIpc) is 3.10. The van der Waals surface area contributed by atoms with Gasteiger partial charge in [-0.2, -0.15) is 0 Å². The number of aryl methyl sites for hydroxylation is 1. The molecule has 4 rings (SSSR count). The van der Waals surface area contributed by atoms with E-state index in [2.05, 4.69) is 27.5 Å². The molecule has 0 bridgehead atoms. The summed E-state index contributed by atoms with van der Waals surface area (Å²) in [5.74, 6) is 0.160. The first kappa shape index (κ1) is 23.4. The van der Waals surface area contributed by atoms with Crippen molar-refractivity contribution in [2.75, 3.05) is 4.31 Å². The van der Waals surface area contributed by atoms with E-state index in [1.54, 1.807) is 48.5 Å². The first-order valence-corrected chi connectivity index (χ1v) is 12.1. The molecule has 1 atom stereocenters. The van der Waals surface area contributed by atoms with Crippen LogP contribution in [0.1, 0.15) is 27.3 Å². The molecule has 0 aliphatic rings. The second kappa shape index (κ2) is 9.61. The summed E-state index contributed by atoms with van der Waals surface area (Å²) in [6.07, 6.45) is 1.65. The molecule has 0 saturated carbocycles. The summed E-state index contributed by atoms with van der Waals surface area (Å²) in [4.78, 5) is 17.8. The van der Waals surface area contributed by atoms with Crippen LogP contribution >= 0.6 is 27.5 Å². The number of rotatable bonds is 6. The van der Waals surface area contributed by atoms with Crippen molar-refractivity contribution in [1.29, 1.82) is 0 Å². The summed E-state index contributed by atoms with van der Waals surface area (Å²) < 4.78 is 25.6. The van der Waals surface area contributed by atoms with E-state index in [9.17, 15) is 13.6 Å². The molecule has 0 spiro atoms. The van der Waals surface area contributed by atoms with Crippen LogP contribution in [0.2, 0.25) is 5.02 Å². The summed E-state index contributed by atoms with van der Waals surface area (Å²) in [6.45, 7) is 6.04. The second-order valence-corrected chi connectivity index (χ2v) is 9.46. The highest BCUT2D eigenvalue weighted by Gasteiger charge is 2.24. The van der Waals surface area contributed by atoms with E-state index in [0.717, 1.165) is 31.2 Å². The van der Waals surface area contributed by atoms with Crippen LogP contribution in [0.15, 0.2) is 71.7 Å². The van der Waals surface area contributed by atoms with Gasteiger partial charge >= 0.3 is 0 Å². The van der Waals surface area contributed by atoms with Crippen LogP contribution in [-0.2, 0) is 17.8 Å². The number of nitrogens with zero attached hydrogens (tertiary/aromatic N) is 3. The van der Waals surface area contributed by atoms with E-state index in [1.165, 1.54) is 0 Å². The van der Waals surface area contributed by atoms with Crippen LogP contribution in [-0.4, -0.2) is 24.2 Å². The molecule has 4 aromatic rings. The molecule has 6 nitrogen and oxygen atoms in total. The molecule has 1 heterocycles. The molecule has 1 N–H and O–H groups in total. The Balaban J connectivity index is 1.74.